The lowest BCUT2D eigenvalue weighted by Crippen LogP contribution is -2.21. The molecule has 0 aliphatic heterocycles. The van der Waals surface area contributed by atoms with Crippen LogP contribution < -0.4 is 5.32 Å². The van der Waals surface area contributed by atoms with Gasteiger partial charge in [-0.3, -0.25) is 0 Å². The highest BCUT2D eigenvalue weighted by molar-refractivity contribution is 5.29. The molecule has 3 nitrogen and oxygen atoms in total. The van der Waals surface area contributed by atoms with Crippen LogP contribution in [0.4, 0.5) is 0 Å². The van der Waals surface area contributed by atoms with Gasteiger partial charge < -0.3 is 14.8 Å². The first-order valence-electron chi connectivity index (χ1n) is 6.62. The molecule has 0 amide bonds. The average Bonchev–Trinajstić information content (AvgIpc) is 3.16. The Kier molecular flexibility index (Phi) is 5.17. The molecule has 0 heterocycles. The van der Waals surface area contributed by atoms with Crippen LogP contribution in [0.25, 0.3) is 0 Å². The minimum atomic E-state index is 0.701. The van der Waals surface area contributed by atoms with E-state index in [1.54, 1.807) is 14.2 Å². The van der Waals surface area contributed by atoms with Crippen LogP contribution in [-0.2, 0) is 16.1 Å². The van der Waals surface area contributed by atoms with Crippen LogP contribution in [0.2, 0.25) is 0 Å². The molecule has 0 radical (unpaired) electrons. The second kappa shape index (κ2) is 6.88. The zero-order valence-electron chi connectivity index (χ0n) is 11.3. The molecule has 1 fully saturated rings. The van der Waals surface area contributed by atoms with E-state index in [1.165, 1.54) is 17.5 Å². The summed E-state index contributed by atoms with van der Waals surface area (Å²) in [4.78, 5) is 0. The summed E-state index contributed by atoms with van der Waals surface area (Å²) in [7, 11) is 3.47. The molecule has 0 spiro atoms. The number of ether oxygens (including phenoxy) is 2. The summed E-state index contributed by atoms with van der Waals surface area (Å²) in [6.45, 7) is 3.55. The molecule has 3 heteroatoms. The van der Waals surface area contributed by atoms with E-state index in [0.29, 0.717) is 6.61 Å². The first kappa shape index (κ1) is 13.5. The third-order valence-electron chi connectivity index (χ3n) is 3.53. The van der Waals surface area contributed by atoms with Gasteiger partial charge in [-0.05, 0) is 35.9 Å². The molecule has 1 saturated carbocycles. The summed E-state index contributed by atoms with van der Waals surface area (Å²) in [6, 6.07) is 8.83. The predicted molar refractivity (Wildman–Crippen MR) is 72.7 cm³/mol. The highest BCUT2D eigenvalue weighted by atomic mass is 16.5. The number of benzene rings is 1. The Labute approximate surface area is 109 Å². The van der Waals surface area contributed by atoms with Gasteiger partial charge >= 0.3 is 0 Å². The maximum absolute atomic E-state index is 5.12. The summed E-state index contributed by atoms with van der Waals surface area (Å²) < 4.78 is 10.1. The van der Waals surface area contributed by atoms with Crippen molar-refractivity contribution in [3.05, 3.63) is 35.4 Å². The zero-order valence-corrected chi connectivity index (χ0v) is 11.3. The summed E-state index contributed by atoms with van der Waals surface area (Å²) in [6.07, 6.45) is 1.31. The van der Waals surface area contributed by atoms with Gasteiger partial charge in [0.15, 0.2) is 0 Å². The number of rotatable bonds is 8. The van der Waals surface area contributed by atoms with Crippen LogP contribution in [0.5, 0.6) is 0 Å². The maximum atomic E-state index is 5.12. The van der Waals surface area contributed by atoms with Crippen molar-refractivity contribution in [3.63, 3.8) is 0 Å². The Bertz CT molecular complexity index is 350. The lowest BCUT2D eigenvalue weighted by atomic mass is 10.1. The predicted octanol–water partition coefficient (Wildman–Crippen LogP) is 2.17. The third kappa shape index (κ3) is 3.80. The van der Waals surface area contributed by atoms with Crippen molar-refractivity contribution in [2.24, 2.45) is 5.92 Å². The fourth-order valence-electron chi connectivity index (χ4n) is 2.37. The first-order valence-corrected chi connectivity index (χ1v) is 6.62. The lowest BCUT2D eigenvalue weighted by Gasteiger charge is -2.05. The third-order valence-corrected chi connectivity index (χ3v) is 3.53. The Morgan fingerprint density at radius 3 is 2.61 bits per heavy atom. The van der Waals surface area contributed by atoms with Crippen LogP contribution in [0.3, 0.4) is 0 Å². The second-order valence-corrected chi connectivity index (χ2v) is 4.97. The summed E-state index contributed by atoms with van der Waals surface area (Å²) in [5, 5.41) is 3.43. The molecule has 1 aliphatic rings. The number of hydrogen-bond donors (Lipinski definition) is 1. The highest BCUT2D eigenvalue weighted by Crippen LogP contribution is 2.46. The van der Waals surface area contributed by atoms with Crippen LogP contribution in [0.1, 0.15) is 23.5 Å². The first-order chi connectivity index (χ1) is 8.85. The van der Waals surface area contributed by atoms with Gasteiger partial charge in [-0.15, -0.1) is 0 Å². The average molecular weight is 249 g/mol. The zero-order chi connectivity index (χ0) is 12.8. The molecule has 1 aliphatic carbocycles. The minimum absolute atomic E-state index is 0.701. The molecule has 0 saturated heterocycles. The molecular formula is C15H23NO2. The van der Waals surface area contributed by atoms with E-state index < -0.39 is 0 Å². The molecule has 1 aromatic carbocycles. The highest BCUT2D eigenvalue weighted by Gasteiger charge is 2.37. The minimum Gasteiger partial charge on any atom is -0.383 e. The van der Waals surface area contributed by atoms with Crippen molar-refractivity contribution in [3.8, 4) is 0 Å². The number of hydrogen-bond acceptors (Lipinski definition) is 3. The lowest BCUT2D eigenvalue weighted by molar-refractivity contribution is 0.185. The van der Waals surface area contributed by atoms with Crippen molar-refractivity contribution in [2.45, 2.75) is 18.9 Å². The standard InChI is InChI=1S/C15H23NO2/c1-17-8-7-16-10-14-9-15(14)13-5-3-12(4-6-13)11-18-2/h3-6,14-16H,7-11H2,1-2H3. The van der Waals surface area contributed by atoms with E-state index in [1.807, 2.05) is 0 Å². The molecule has 0 bridgehead atoms. The fourth-order valence-corrected chi connectivity index (χ4v) is 2.37. The van der Waals surface area contributed by atoms with E-state index in [0.717, 1.165) is 31.5 Å². The molecule has 2 atom stereocenters. The Morgan fingerprint density at radius 2 is 1.94 bits per heavy atom. The molecule has 2 rings (SSSR count). The van der Waals surface area contributed by atoms with Crippen molar-refractivity contribution < 1.29 is 9.47 Å². The molecule has 0 aromatic heterocycles. The van der Waals surface area contributed by atoms with E-state index in [-0.39, 0.29) is 0 Å². The van der Waals surface area contributed by atoms with Gasteiger partial charge in [0.25, 0.3) is 0 Å². The van der Waals surface area contributed by atoms with Crippen molar-refractivity contribution in [1.29, 1.82) is 0 Å². The fraction of sp³-hybridized carbons (Fsp3) is 0.600. The normalized spacial score (nSPS) is 22.1. The second-order valence-electron chi connectivity index (χ2n) is 4.97. The number of methoxy groups -OCH3 is 2. The Balaban J connectivity index is 1.73. The van der Waals surface area contributed by atoms with Gasteiger partial charge in [0.1, 0.15) is 0 Å². The monoisotopic (exact) mass is 249 g/mol. The molecule has 1 N–H and O–H groups in total. The molecule has 1 aromatic rings. The topological polar surface area (TPSA) is 30.5 Å². The van der Waals surface area contributed by atoms with Crippen molar-refractivity contribution >= 4 is 0 Å². The largest absolute Gasteiger partial charge is 0.383 e. The van der Waals surface area contributed by atoms with Gasteiger partial charge in [-0.25, -0.2) is 0 Å². The van der Waals surface area contributed by atoms with Gasteiger partial charge in [0.2, 0.25) is 0 Å². The smallest absolute Gasteiger partial charge is 0.0713 e. The summed E-state index contributed by atoms with van der Waals surface area (Å²) in [5.74, 6) is 1.55. The van der Waals surface area contributed by atoms with E-state index >= 15 is 0 Å². The SMILES string of the molecule is COCCNCC1CC1c1ccc(COC)cc1. The van der Waals surface area contributed by atoms with E-state index in [2.05, 4.69) is 29.6 Å². The molecule has 2 unspecified atom stereocenters. The van der Waals surface area contributed by atoms with Gasteiger partial charge in [0, 0.05) is 20.8 Å². The van der Waals surface area contributed by atoms with Gasteiger partial charge in [-0.1, -0.05) is 24.3 Å². The van der Waals surface area contributed by atoms with E-state index in [9.17, 15) is 0 Å². The maximum Gasteiger partial charge on any atom is 0.0713 e. The van der Waals surface area contributed by atoms with Crippen molar-refractivity contribution in [2.75, 3.05) is 33.9 Å². The summed E-state index contributed by atoms with van der Waals surface area (Å²) >= 11 is 0. The van der Waals surface area contributed by atoms with Gasteiger partial charge in [0.05, 0.1) is 13.2 Å². The quantitative estimate of drug-likeness (QED) is 0.716. The van der Waals surface area contributed by atoms with Crippen molar-refractivity contribution in [1.82, 2.24) is 5.32 Å². The summed E-state index contributed by atoms with van der Waals surface area (Å²) in [5.41, 5.74) is 2.71. The Morgan fingerprint density at radius 1 is 1.17 bits per heavy atom. The van der Waals surface area contributed by atoms with Crippen LogP contribution in [-0.4, -0.2) is 33.9 Å². The van der Waals surface area contributed by atoms with Crippen LogP contribution in [0.15, 0.2) is 24.3 Å². The van der Waals surface area contributed by atoms with Gasteiger partial charge in [-0.2, -0.15) is 0 Å². The Hall–Kier alpha value is -0.900. The molecule has 100 valence electrons. The number of nitrogens with one attached hydrogen (secondary N) is 1. The van der Waals surface area contributed by atoms with Crippen LogP contribution >= 0.6 is 0 Å². The molecule has 18 heavy (non-hydrogen) atoms. The van der Waals surface area contributed by atoms with Crippen LogP contribution in [0, 0.1) is 5.92 Å². The van der Waals surface area contributed by atoms with E-state index in [4.69, 9.17) is 9.47 Å². The molecular weight excluding hydrogens is 226 g/mol.